The third kappa shape index (κ3) is 6.52. The molecular formula is C28H41NO7. The van der Waals surface area contributed by atoms with Crippen LogP contribution in [0.15, 0.2) is 29.8 Å². The molecule has 0 spiro atoms. The van der Waals surface area contributed by atoms with E-state index < -0.39 is 29.3 Å². The zero-order valence-corrected chi connectivity index (χ0v) is 22.6. The first-order valence-corrected chi connectivity index (χ1v) is 12.7. The second kappa shape index (κ2) is 11.1. The molecule has 8 nitrogen and oxygen atoms in total. The summed E-state index contributed by atoms with van der Waals surface area (Å²) in [6.07, 6.45) is 3.22. The molecule has 0 aromatic heterocycles. The van der Waals surface area contributed by atoms with E-state index in [0.717, 1.165) is 12.0 Å². The number of hydrogen-bond acceptors (Lipinski definition) is 7. The highest BCUT2D eigenvalue weighted by Gasteiger charge is 2.54. The maximum Gasteiger partial charge on any atom is 0.407 e. The van der Waals surface area contributed by atoms with Gasteiger partial charge in [0.25, 0.3) is 0 Å². The molecule has 8 heteroatoms. The van der Waals surface area contributed by atoms with Crippen molar-refractivity contribution in [3.05, 3.63) is 35.4 Å². The number of fused-ring (bicyclic) bond motifs is 3. The number of phenols is 1. The number of nitrogens with one attached hydrogen (secondary N) is 1. The Morgan fingerprint density at radius 3 is 2.64 bits per heavy atom. The number of alkyl carbamates (subject to hydrolysis) is 1. The molecule has 2 aliphatic rings. The van der Waals surface area contributed by atoms with E-state index in [1.165, 1.54) is 12.7 Å². The summed E-state index contributed by atoms with van der Waals surface area (Å²) in [6.45, 7) is 11.8. The van der Waals surface area contributed by atoms with Crippen molar-refractivity contribution in [3.63, 3.8) is 0 Å². The van der Waals surface area contributed by atoms with Crippen molar-refractivity contribution in [2.75, 3.05) is 13.7 Å². The lowest BCUT2D eigenvalue weighted by atomic mass is 9.69. The molecule has 5 atom stereocenters. The number of amides is 1. The van der Waals surface area contributed by atoms with Crippen molar-refractivity contribution in [2.45, 2.75) is 90.6 Å². The SMILES string of the molecule is COC(=O)[C@@H]1C[C@@H]2[C@@H](O[C@@H]1CCNC(=O)OC(C)(C)C)c1cccc(O)c1O[C@@]2(C)CCC=C(C)C. The first-order chi connectivity index (χ1) is 16.8. The molecule has 1 fully saturated rings. The van der Waals surface area contributed by atoms with Crippen molar-refractivity contribution >= 4 is 12.1 Å². The topological polar surface area (TPSA) is 103 Å². The fourth-order valence-corrected chi connectivity index (χ4v) is 5.16. The van der Waals surface area contributed by atoms with Gasteiger partial charge in [0.1, 0.15) is 11.2 Å². The molecule has 2 N–H and O–H groups in total. The standard InChI is InChI=1S/C28H41NO7/c1-17(2)10-9-14-28(6)20-16-19(25(31)33-7)22(13-15-29-26(32)36-27(3,4)5)34-23(20)18-11-8-12-21(30)24(18)35-28/h8,10-12,19-20,22-23,30H,9,13-16H2,1-7H3,(H,29,32)/t19-,20-,22-,23+,28+/m1/s1. The average molecular weight is 504 g/mol. The summed E-state index contributed by atoms with van der Waals surface area (Å²) in [5.41, 5.74) is 0.734. The predicted octanol–water partition coefficient (Wildman–Crippen LogP) is 5.44. The van der Waals surface area contributed by atoms with Crippen LogP contribution in [-0.4, -0.2) is 48.1 Å². The van der Waals surface area contributed by atoms with Crippen LogP contribution < -0.4 is 10.1 Å². The number of rotatable bonds is 7. The lowest BCUT2D eigenvalue weighted by molar-refractivity contribution is -0.194. The Morgan fingerprint density at radius 2 is 2.00 bits per heavy atom. The van der Waals surface area contributed by atoms with Crippen LogP contribution in [0.3, 0.4) is 0 Å². The highest BCUT2D eigenvalue weighted by atomic mass is 16.6. The van der Waals surface area contributed by atoms with E-state index in [1.807, 2.05) is 13.0 Å². The van der Waals surface area contributed by atoms with Gasteiger partial charge in [-0.05, 0) is 73.3 Å². The second-order valence-corrected chi connectivity index (χ2v) is 11.2. The number of hydrogen-bond donors (Lipinski definition) is 2. The first kappa shape index (κ1) is 27.8. The molecule has 1 amide bonds. The van der Waals surface area contributed by atoms with E-state index in [1.54, 1.807) is 32.9 Å². The van der Waals surface area contributed by atoms with Crippen molar-refractivity contribution in [1.82, 2.24) is 5.32 Å². The number of allylic oxidation sites excluding steroid dienone is 2. The summed E-state index contributed by atoms with van der Waals surface area (Å²) in [6, 6.07) is 5.28. The summed E-state index contributed by atoms with van der Waals surface area (Å²) in [4.78, 5) is 25.0. The lowest BCUT2D eigenvalue weighted by Crippen LogP contribution is -2.54. The molecule has 2 heterocycles. The molecular weight excluding hydrogens is 462 g/mol. The van der Waals surface area contributed by atoms with Crippen LogP contribution in [0.25, 0.3) is 0 Å². The minimum absolute atomic E-state index is 0.0706. The van der Waals surface area contributed by atoms with Gasteiger partial charge in [-0.2, -0.15) is 0 Å². The second-order valence-electron chi connectivity index (χ2n) is 11.2. The lowest BCUT2D eigenvalue weighted by Gasteiger charge is -2.52. The van der Waals surface area contributed by atoms with E-state index in [9.17, 15) is 14.7 Å². The predicted molar refractivity (Wildman–Crippen MR) is 136 cm³/mol. The van der Waals surface area contributed by atoms with Crippen LogP contribution in [0.2, 0.25) is 0 Å². The number of methoxy groups -OCH3 is 1. The number of ether oxygens (including phenoxy) is 4. The monoisotopic (exact) mass is 503 g/mol. The van der Waals surface area contributed by atoms with Gasteiger partial charge in [-0.25, -0.2) is 4.79 Å². The van der Waals surface area contributed by atoms with Crippen LogP contribution in [0.5, 0.6) is 11.5 Å². The Balaban J connectivity index is 1.87. The van der Waals surface area contributed by atoms with Gasteiger partial charge in [0.05, 0.1) is 25.2 Å². The van der Waals surface area contributed by atoms with Gasteiger partial charge in [0.15, 0.2) is 11.5 Å². The van der Waals surface area contributed by atoms with E-state index in [4.69, 9.17) is 18.9 Å². The Labute approximate surface area is 214 Å². The number of phenolic OH excluding ortho intramolecular Hbond substituents is 1. The smallest absolute Gasteiger partial charge is 0.407 e. The number of esters is 1. The molecule has 0 aliphatic carbocycles. The molecule has 36 heavy (non-hydrogen) atoms. The molecule has 3 rings (SSSR count). The number of carbonyl (C=O) groups excluding carboxylic acids is 2. The minimum Gasteiger partial charge on any atom is -0.504 e. The summed E-state index contributed by atoms with van der Waals surface area (Å²) in [5.74, 6) is -0.482. The van der Waals surface area contributed by atoms with E-state index >= 15 is 0 Å². The first-order valence-electron chi connectivity index (χ1n) is 12.7. The van der Waals surface area contributed by atoms with Gasteiger partial charge in [0, 0.05) is 18.0 Å². The van der Waals surface area contributed by atoms with Gasteiger partial charge < -0.3 is 29.4 Å². The van der Waals surface area contributed by atoms with Crippen molar-refractivity contribution in [3.8, 4) is 11.5 Å². The summed E-state index contributed by atoms with van der Waals surface area (Å²) in [7, 11) is 1.38. The summed E-state index contributed by atoms with van der Waals surface area (Å²) < 4.78 is 23.5. The van der Waals surface area contributed by atoms with E-state index in [-0.39, 0.29) is 30.3 Å². The maximum atomic E-state index is 12.8. The average Bonchev–Trinajstić information content (AvgIpc) is 2.77. The van der Waals surface area contributed by atoms with Crippen molar-refractivity contribution in [2.24, 2.45) is 11.8 Å². The molecule has 0 radical (unpaired) electrons. The number of para-hydroxylation sites is 1. The van der Waals surface area contributed by atoms with Crippen LogP contribution in [-0.2, 0) is 19.0 Å². The molecule has 200 valence electrons. The molecule has 0 unspecified atom stereocenters. The molecule has 0 bridgehead atoms. The number of carbonyl (C=O) groups is 2. The fraction of sp³-hybridized carbons (Fsp3) is 0.643. The van der Waals surface area contributed by atoms with E-state index in [2.05, 4.69) is 25.2 Å². The highest BCUT2D eigenvalue weighted by molar-refractivity contribution is 5.73. The Kier molecular flexibility index (Phi) is 8.59. The Bertz CT molecular complexity index is 979. The normalized spacial score (nSPS) is 27.1. The van der Waals surface area contributed by atoms with Gasteiger partial charge in [0.2, 0.25) is 0 Å². The van der Waals surface area contributed by atoms with Crippen molar-refractivity contribution < 1.29 is 33.6 Å². The third-order valence-electron chi connectivity index (χ3n) is 6.89. The van der Waals surface area contributed by atoms with Crippen LogP contribution in [0.4, 0.5) is 4.79 Å². The zero-order valence-electron chi connectivity index (χ0n) is 22.6. The summed E-state index contributed by atoms with van der Waals surface area (Å²) >= 11 is 0. The maximum absolute atomic E-state index is 12.8. The fourth-order valence-electron chi connectivity index (χ4n) is 5.16. The van der Waals surface area contributed by atoms with Crippen LogP contribution in [0, 0.1) is 11.8 Å². The highest BCUT2D eigenvalue weighted by Crippen LogP contribution is 2.55. The molecule has 2 aliphatic heterocycles. The minimum atomic E-state index is -0.658. The van der Waals surface area contributed by atoms with Gasteiger partial charge in [-0.15, -0.1) is 0 Å². The Morgan fingerprint density at radius 1 is 1.28 bits per heavy atom. The van der Waals surface area contributed by atoms with Crippen molar-refractivity contribution in [1.29, 1.82) is 0 Å². The molecule has 0 saturated carbocycles. The molecule has 1 aromatic carbocycles. The molecule has 1 saturated heterocycles. The number of benzene rings is 1. The summed E-state index contributed by atoms with van der Waals surface area (Å²) in [5, 5.41) is 13.4. The van der Waals surface area contributed by atoms with Crippen LogP contribution in [0.1, 0.15) is 78.9 Å². The van der Waals surface area contributed by atoms with Crippen LogP contribution >= 0.6 is 0 Å². The molecule has 1 aromatic rings. The number of aromatic hydroxyl groups is 1. The Hall–Kier alpha value is -2.74. The quantitative estimate of drug-likeness (QED) is 0.377. The zero-order chi connectivity index (χ0) is 26.7. The largest absolute Gasteiger partial charge is 0.504 e. The van der Waals surface area contributed by atoms with Gasteiger partial charge >= 0.3 is 12.1 Å². The van der Waals surface area contributed by atoms with Gasteiger partial charge in [-0.3, -0.25) is 4.79 Å². The van der Waals surface area contributed by atoms with E-state index in [0.29, 0.717) is 25.0 Å². The third-order valence-corrected chi connectivity index (χ3v) is 6.89. The van der Waals surface area contributed by atoms with Gasteiger partial charge in [-0.1, -0.05) is 23.8 Å².